The first-order valence-electron chi connectivity index (χ1n) is 8.40. The van der Waals surface area contributed by atoms with Crippen molar-refractivity contribution in [3.63, 3.8) is 0 Å². The van der Waals surface area contributed by atoms with Gasteiger partial charge in [0.1, 0.15) is 6.04 Å². The molecule has 27 heavy (non-hydrogen) atoms. The molecule has 2 amide bonds. The SMILES string of the molecule is CN(Cc1ccc(Br)s1)C(=O)[C@H](Cc1ccccc1)NC(=O)c1ccco1. The number of halogens is 1. The van der Waals surface area contributed by atoms with Crippen LogP contribution in [0.15, 0.2) is 69.1 Å². The van der Waals surface area contributed by atoms with E-state index in [1.54, 1.807) is 35.4 Å². The number of nitrogens with zero attached hydrogens (tertiary/aromatic N) is 1. The number of carbonyl (C=O) groups is 2. The summed E-state index contributed by atoms with van der Waals surface area (Å²) in [7, 11) is 1.74. The van der Waals surface area contributed by atoms with Crippen LogP contribution in [0, 0.1) is 0 Å². The lowest BCUT2D eigenvalue weighted by Crippen LogP contribution is -2.48. The molecule has 3 aromatic rings. The van der Waals surface area contributed by atoms with Crippen LogP contribution in [0.5, 0.6) is 0 Å². The molecule has 0 fully saturated rings. The average molecular weight is 447 g/mol. The van der Waals surface area contributed by atoms with Crippen LogP contribution in [0.2, 0.25) is 0 Å². The summed E-state index contributed by atoms with van der Waals surface area (Å²) in [6.45, 7) is 0.483. The largest absolute Gasteiger partial charge is 0.459 e. The van der Waals surface area contributed by atoms with Crippen molar-refractivity contribution in [1.82, 2.24) is 10.2 Å². The van der Waals surface area contributed by atoms with Gasteiger partial charge in [0, 0.05) is 18.3 Å². The molecule has 0 radical (unpaired) electrons. The van der Waals surface area contributed by atoms with Crippen LogP contribution >= 0.6 is 27.3 Å². The van der Waals surface area contributed by atoms with Gasteiger partial charge >= 0.3 is 0 Å². The van der Waals surface area contributed by atoms with Crippen molar-refractivity contribution in [2.24, 2.45) is 0 Å². The monoisotopic (exact) mass is 446 g/mol. The van der Waals surface area contributed by atoms with Crippen molar-refractivity contribution in [3.05, 3.63) is 80.8 Å². The number of amides is 2. The first-order valence-corrected chi connectivity index (χ1v) is 10.0. The number of thiophene rings is 1. The molecule has 0 spiro atoms. The highest BCUT2D eigenvalue weighted by atomic mass is 79.9. The van der Waals surface area contributed by atoms with E-state index in [-0.39, 0.29) is 11.7 Å². The minimum absolute atomic E-state index is 0.150. The van der Waals surface area contributed by atoms with E-state index >= 15 is 0 Å². The zero-order valence-corrected chi connectivity index (χ0v) is 17.1. The van der Waals surface area contributed by atoms with Gasteiger partial charge in [0.15, 0.2) is 5.76 Å². The molecule has 0 saturated heterocycles. The summed E-state index contributed by atoms with van der Waals surface area (Å²) in [5.74, 6) is -0.365. The van der Waals surface area contributed by atoms with Crippen LogP contribution in [0.3, 0.4) is 0 Å². The van der Waals surface area contributed by atoms with Crippen molar-refractivity contribution in [3.8, 4) is 0 Å². The molecule has 3 rings (SSSR count). The van der Waals surface area contributed by atoms with Crippen LogP contribution in [-0.4, -0.2) is 29.8 Å². The van der Waals surface area contributed by atoms with Crippen LogP contribution in [0.4, 0.5) is 0 Å². The van der Waals surface area contributed by atoms with E-state index in [4.69, 9.17) is 4.42 Å². The Morgan fingerprint density at radius 2 is 1.93 bits per heavy atom. The molecule has 0 unspecified atom stereocenters. The van der Waals surface area contributed by atoms with Crippen molar-refractivity contribution < 1.29 is 14.0 Å². The normalized spacial score (nSPS) is 11.8. The van der Waals surface area contributed by atoms with Gasteiger partial charge < -0.3 is 14.6 Å². The van der Waals surface area contributed by atoms with Gasteiger partial charge in [-0.2, -0.15) is 0 Å². The van der Waals surface area contributed by atoms with Gasteiger partial charge in [0.25, 0.3) is 5.91 Å². The van der Waals surface area contributed by atoms with Crippen LogP contribution in [0.25, 0.3) is 0 Å². The van der Waals surface area contributed by atoms with Crippen molar-refractivity contribution in [2.75, 3.05) is 7.05 Å². The molecule has 2 heterocycles. The quantitative estimate of drug-likeness (QED) is 0.593. The van der Waals surface area contributed by atoms with E-state index in [0.717, 1.165) is 14.2 Å². The molecule has 140 valence electrons. The summed E-state index contributed by atoms with van der Waals surface area (Å²) in [6.07, 6.45) is 1.84. The van der Waals surface area contributed by atoms with E-state index in [0.29, 0.717) is 13.0 Å². The van der Waals surface area contributed by atoms with Crippen LogP contribution in [-0.2, 0) is 17.8 Å². The summed E-state index contributed by atoms with van der Waals surface area (Å²) < 4.78 is 6.16. The van der Waals surface area contributed by atoms with Gasteiger partial charge in [0.05, 0.1) is 16.6 Å². The third-order valence-corrected chi connectivity index (χ3v) is 5.64. The molecular formula is C20H19BrN2O3S. The predicted octanol–water partition coefficient (Wildman–Crippen LogP) is 4.10. The molecule has 1 atom stereocenters. The van der Waals surface area contributed by atoms with Crippen molar-refractivity contribution in [2.45, 2.75) is 19.0 Å². The van der Waals surface area contributed by atoms with E-state index < -0.39 is 11.9 Å². The summed E-state index contributed by atoms with van der Waals surface area (Å²) in [5, 5.41) is 2.81. The summed E-state index contributed by atoms with van der Waals surface area (Å²) in [4.78, 5) is 28.1. The molecule has 2 aromatic heterocycles. The van der Waals surface area contributed by atoms with Gasteiger partial charge in [-0.3, -0.25) is 9.59 Å². The van der Waals surface area contributed by atoms with Crippen molar-refractivity contribution in [1.29, 1.82) is 0 Å². The number of rotatable bonds is 7. The predicted molar refractivity (Wildman–Crippen MR) is 109 cm³/mol. The summed E-state index contributed by atoms with van der Waals surface area (Å²) >= 11 is 5.02. The van der Waals surface area contributed by atoms with E-state index in [1.807, 2.05) is 42.5 Å². The Hall–Kier alpha value is -2.38. The standard InChI is InChI=1S/C20H19BrN2O3S/c1-23(13-15-9-10-18(21)27-15)20(25)16(12-14-6-3-2-4-7-14)22-19(24)17-8-5-11-26-17/h2-11,16H,12-13H2,1H3,(H,22,24)/t16-/m0/s1. The zero-order valence-electron chi connectivity index (χ0n) is 14.7. The smallest absolute Gasteiger partial charge is 0.287 e. The van der Waals surface area contributed by atoms with Gasteiger partial charge in [0.2, 0.25) is 5.91 Å². The Balaban J connectivity index is 1.74. The Morgan fingerprint density at radius 1 is 1.15 bits per heavy atom. The van der Waals surface area contributed by atoms with Crippen LogP contribution in [0.1, 0.15) is 21.0 Å². The van der Waals surface area contributed by atoms with E-state index in [9.17, 15) is 9.59 Å². The van der Waals surface area contributed by atoms with Gasteiger partial charge in [-0.05, 0) is 45.8 Å². The first-order chi connectivity index (χ1) is 13.0. The summed E-state index contributed by atoms with van der Waals surface area (Å²) in [5.41, 5.74) is 0.975. The number of furan rings is 1. The third-order valence-electron chi connectivity index (χ3n) is 4.03. The highest BCUT2D eigenvalue weighted by Crippen LogP contribution is 2.23. The molecule has 1 aromatic carbocycles. The zero-order chi connectivity index (χ0) is 19.2. The lowest BCUT2D eigenvalue weighted by Gasteiger charge is -2.24. The summed E-state index contributed by atoms with van der Waals surface area (Å²) in [6, 6.07) is 16.1. The number of nitrogens with one attached hydrogen (secondary N) is 1. The Labute approximate surface area is 170 Å². The molecule has 1 N–H and O–H groups in total. The fraction of sp³-hybridized carbons (Fsp3) is 0.200. The third kappa shape index (κ3) is 5.30. The fourth-order valence-electron chi connectivity index (χ4n) is 2.70. The molecule has 5 nitrogen and oxygen atoms in total. The molecule has 0 aliphatic heterocycles. The molecule has 0 aliphatic rings. The Morgan fingerprint density at radius 3 is 2.56 bits per heavy atom. The molecule has 0 saturated carbocycles. The van der Waals surface area contributed by atoms with Crippen molar-refractivity contribution >= 4 is 39.1 Å². The minimum Gasteiger partial charge on any atom is -0.459 e. The maximum absolute atomic E-state index is 13.0. The number of benzene rings is 1. The minimum atomic E-state index is -0.682. The maximum Gasteiger partial charge on any atom is 0.287 e. The lowest BCUT2D eigenvalue weighted by atomic mass is 10.0. The van der Waals surface area contributed by atoms with E-state index in [2.05, 4.69) is 21.2 Å². The second-order valence-electron chi connectivity index (χ2n) is 6.09. The van der Waals surface area contributed by atoms with Crippen LogP contribution < -0.4 is 5.32 Å². The molecule has 7 heteroatoms. The van der Waals surface area contributed by atoms with Gasteiger partial charge in [-0.1, -0.05) is 30.3 Å². The number of likely N-dealkylation sites (N-methyl/N-ethyl adjacent to an activating group) is 1. The molecule has 0 bridgehead atoms. The molecule has 0 aliphatic carbocycles. The Bertz CT molecular complexity index is 893. The first kappa shape index (κ1) is 19.4. The average Bonchev–Trinajstić information content (AvgIpc) is 3.33. The number of carbonyl (C=O) groups excluding carboxylic acids is 2. The number of hydrogen-bond acceptors (Lipinski definition) is 4. The van der Waals surface area contributed by atoms with Gasteiger partial charge in [-0.25, -0.2) is 0 Å². The maximum atomic E-state index is 13.0. The highest BCUT2D eigenvalue weighted by molar-refractivity contribution is 9.11. The second-order valence-corrected chi connectivity index (χ2v) is 8.64. The second kappa shape index (κ2) is 9.01. The number of hydrogen-bond donors (Lipinski definition) is 1. The van der Waals surface area contributed by atoms with E-state index in [1.165, 1.54) is 6.26 Å². The Kier molecular flexibility index (Phi) is 6.47. The fourth-order valence-corrected chi connectivity index (χ4v) is 4.24. The lowest BCUT2D eigenvalue weighted by molar-refractivity contribution is -0.132. The molecular weight excluding hydrogens is 428 g/mol. The topological polar surface area (TPSA) is 62.6 Å². The van der Waals surface area contributed by atoms with Gasteiger partial charge in [-0.15, -0.1) is 11.3 Å². The highest BCUT2D eigenvalue weighted by Gasteiger charge is 2.26.